The van der Waals surface area contributed by atoms with Crippen LogP contribution in [0.5, 0.6) is 0 Å². The van der Waals surface area contributed by atoms with E-state index in [0.717, 1.165) is 41.5 Å². The molecule has 6 nitrogen and oxygen atoms in total. The van der Waals surface area contributed by atoms with Gasteiger partial charge in [0.25, 0.3) is 0 Å². The van der Waals surface area contributed by atoms with E-state index in [-0.39, 0.29) is 11.3 Å². The van der Waals surface area contributed by atoms with Crippen LogP contribution in [-0.4, -0.2) is 48.9 Å². The molecule has 0 N–H and O–H groups in total. The molecular formula is C28H31N5OS. The molecule has 2 aromatic carbocycles. The Morgan fingerprint density at radius 1 is 1.03 bits per heavy atom. The number of amides is 1. The van der Waals surface area contributed by atoms with Gasteiger partial charge in [-0.2, -0.15) is 0 Å². The molecule has 7 heteroatoms. The zero-order valence-corrected chi connectivity index (χ0v) is 21.4. The van der Waals surface area contributed by atoms with E-state index in [1.807, 2.05) is 18.2 Å². The summed E-state index contributed by atoms with van der Waals surface area (Å²) in [7, 11) is 0. The fourth-order valence-corrected chi connectivity index (χ4v) is 7.31. The molecule has 4 aromatic rings. The minimum Gasteiger partial charge on any atom is -0.338 e. The maximum Gasteiger partial charge on any atom is 0.233 e. The highest BCUT2D eigenvalue weighted by atomic mass is 32.2. The van der Waals surface area contributed by atoms with Crippen molar-refractivity contribution in [2.45, 2.75) is 57.8 Å². The van der Waals surface area contributed by atoms with Crippen molar-refractivity contribution in [1.82, 2.24) is 24.6 Å². The Morgan fingerprint density at radius 2 is 1.80 bits per heavy atom. The van der Waals surface area contributed by atoms with Crippen molar-refractivity contribution in [3.63, 3.8) is 0 Å². The van der Waals surface area contributed by atoms with Crippen LogP contribution in [0.4, 0.5) is 0 Å². The zero-order chi connectivity index (χ0) is 24.2. The topological polar surface area (TPSA) is 63.9 Å². The van der Waals surface area contributed by atoms with Gasteiger partial charge in [0.2, 0.25) is 11.1 Å². The number of hydrogen-bond donors (Lipinski definition) is 0. The van der Waals surface area contributed by atoms with Crippen LogP contribution in [0.3, 0.4) is 0 Å². The first-order valence-electron chi connectivity index (χ1n) is 12.4. The number of nitrogens with zero attached hydrogens (tertiary/aromatic N) is 5. The quantitative estimate of drug-likeness (QED) is 0.347. The lowest BCUT2D eigenvalue weighted by atomic mass is 9.65. The second-order valence-electron chi connectivity index (χ2n) is 11.4. The summed E-state index contributed by atoms with van der Waals surface area (Å²) in [5.74, 6) is 0.536. The average Bonchev–Trinajstić information content (AvgIpc) is 3.28. The van der Waals surface area contributed by atoms with Crippen LogP contribution < -0.4 is 0 Å². The Hall–Kier alpha value is -2.93. The predicted octanol–water partition coefficient (Wildman–Crippen LogP) is 5.55. The fraction of sp³-hybridized carbons (Fsp3) is 0.429. The van der Waals surface area contributed by atoms with Crippen LogP contribution in [0.15, 0.2) is 59.8 Å². The number of hydrogen-bond acceptors (Lipinski definition) is 5. The van der Waals surface area contributed by atoms with Crippen LogP contribution in [0.25, 0.3) is 22.1 Å². The lowest BCUT2D eigenvalue weighted by Crippen LogP contribution is -2.38. The van der Waals surface area contributed by atoms with Crippen molar-refractivity contribution in [3.8, 4) is 0 Å². The van der Waals surface area contributed by atoms with Crippen LogP contribution in [-0.2, 0) is 11.3 Å². The molecule has 2 aromatic heterocycles. The highest BCUT2D eigenvalue weighted by Crippen LogP contribution is 2.52. The van der Waals surface area contributed by atoms with Gasteiger partial charge in [-0.15, -0.1) is 10.2 Å². The molecule has 6 rings (SSSR count). The molecule has 1 amide bonds. The summed E-state index contributed by atoms with van der Waals surface area (Å²) in [6.07, 6.45) is 3.39. The first-order valence-corrected chi connectivity index (χ1v) is 13.4. The Bertz CT molecular complexity index is 1420. The molecule has 1 saturated heterocycles. The van der Waals surface area contributed by atoms with Gasteiger partial charge in [0.1, 0.15) is 5.52 Å². The Morgan fingerprint density at radius 3 is 2.63 bits per heavy atom. The number of benzene rings is 2. The predicted molar refractivity (Wildman–Crippen MR) is 140 cm³/mol. The molecule has 1 saturated carbocycles. The van der Waals surface area contributed by atoms with E-state index in [4.69, 9.17) is 4.98 Å². The molecule has 180 valence electrons. The van der Waals surface area contributed by atoms with E-state index < -0.39 is 0 Å². The van der Waals surface area contributed by atoms with Crippen LogP contribution in [0.1, 0.15) is 45.6 Å². The number of rotatable bonds is 5. The van der Waals surface area contributed by atoms with E-state index in [0.29, 0.717) is 28.9 Å². The summed E-state index contributed by atoms with van der Waals surface area (Å²) in [6.45, 7) is 8.58. The minimum atomic E-state index is 0.190. The van der Waals surface area contributed by atoms with E-state index in [1.165, 1.54) is 23.7 Å². The third-order valence-corrected chi connectivity index (χ3v) is 8.42. The second-order valence-corrected chi connectivity index (χ2v) is 12.3. The molecule has 35 heavy (non-hydrogen) atoms. The molecule has 0 spiro atoms. The molecular weight excluding hydrogens is 454 g/mol. The maximum atomic E-state index is 13.3. The second kappa shape index (κ2) is 8.33. The molecule has 2 atom stereocenters. The summed E-state index contributed by atoms with van der Waals surface area (Å²) in [6, 6.07) is 19.0. The molecule has 2 aliphatic rings. The largest absolute Gasteiger partial charge is 0.338 e. The van der Waals surface area contributed by atoms with Gasteiger partial charge in [-0.25, -0.2) is 4.98 Å². The number of likely N-dealkylation sites (tertiary alicyclic amines) is 1. The van der Waals surface area contributed by atoms with Gasteiger partial charge in [-0.05, 0) is 41.7 Å². The molecule has 2 bridgehead atoms. The van der Waals surface area contributed by atoms with E-state index >= 15 is 0 Å². The van der Waals surface area contributed by atoms with E-state index in [1.54, 1.807) is 0 Å². The molecule has 3 heterocycles. The van der Waals surface area contributed by atoms with Gasteiger partial charge in [0.15, 0.2) is 5.65 Å². The smallest absolute Gasteiger partial charge is 0.233 e. The molecule has 2 fully saturated rings. The summed E-state index contributed by atoms with van der Waals surface area (Å²) in [5.41, 5.74) is 4.44. The number of para-hydroxylation sites is 1. The number of aromatic nitrogens is 4. The SMILES string of the molecule is CC1(C)CC2CC(C)(CN2C(=O)CSc2nnc3c4ccccc4n(Cc4ccccc4)c3n2)C1. The normalized spacial score (nSPS) is 23.3. The summed E-state index contributed by atoms with van der Waals surface area (Å²) in [5, 5.41) is 10.5. The average molecular weight is 486 g/mol. The van der Waals surface area contributed by atoms with Crippen molar-refractivity contribution >= 4 is 39.7 Å². The maximum absolute atomic E-state index is 13.3. The van der Waals surface area contributed by atoms with Crippen molar-refractivity contribution in [2.24, 2.45) is 10.8 Å². The highest BCUT2D eigenvalue weighted by Gasteiger charge is 2.50. The molecule has 0 radical (unpaired) electrons. The highest BCUT2D eigenvalue weighted by molar-refractivity contribution is 7.99. The summed E-state index contributed by atoms with van der Waals surface area (Å²) >= 11 is 1.40. The third-order valence-electron chi connectivity index (χ3n) is 7.60. The van der Waals surface area contributed by atoms with Crippen LogP contribution >= 0.6 is 11.8 Å². The third kappa shape index (κ3) is 4.20. The summed E-state index contributed by atoms with van der Waals surface area (Å²) in [4.78, 5) is 20.3. The number of thioether (sulfide) groups is 1. The first kappa shape index (κ1) is 22.5. The van der Waals surface area contributed by atoms with Gasteiger partial charge in [0.05, 0.1) is 11.3 Å². The number of fused-ring (bicyclic) bond motifs is 5. The Kier molecular flexibility index (Phi) is 5.36. The first-order chi connectivity index (χ1) is 16.8. The standard InChI is InChI=1S/C28H31N5OS/c1-27(2)13-20-14-28(3,17-27)18-33(20)23(34)16-35-26-29-25-24(30-31-26)21-11-7-8-12-22(21)32(25)15-19-9-5-4-6-10-19/h4-12,20H,13-18H2,1-3H3. The lowest BCUT2D eigenvalue weighted by Gasteiger charge is -2.39. The van der Waals surface area contributed by atoms with E-state index in [9.17, 15) is 4.79 Å². The number of carbonyl (C=O) groups is 1. The van der Waals surface area contributed by atoms with Gasteiger partial charge in [-0.3, -0.25) is 4.79 Å². The van der Waals surface area contributed by atoms with E-state index in [2.05, 4.69) is 76.8 Å². The molecule has 1 aliphatic carbocycles. The van der Waals surface area contributed by atoms with Crippen molar-refractivity contribution in [1.29, 1.82) is 0 Å². The Labute approximate surface area is 210 Å². The van der Waals surface area contributed by atoms with Crippen molar-refractivity contribution < 1.29 is 4.79 Å². The summed E-state index contributed by atoms with van der Waals surface area (Å²) < 4.78 is 2.20. The van der Waals surface area contributed by atoms with Gasteiger partial charge in [-0.1, -0.05) is 81.1 Å². The lowest BCUT2D eigenvalue weighted by molar-refractivity contribution is -0.129. The van der Waals surface area contributed by atoms with Crippen LogP contribution in [0, 0.1) is 10.8 Å². The molecule has 1 aliphatic heterocycles. The van der Waals surface area contributed by atoms with Gasteiger partial charge in [0, 0.05) is 24.5 Å². The monoisotopic (exact) mass is 485 g/mol. The zero-order valence-electron chi connectivity index (χ0n) is 20.6. The van der Waals surface area contributed by atoms with Crippen molar-refractivity contribution in [3.05, 3.63) is 60.2 Å². The minimum absolute atomic E-state index is 0.190. The Balaban J connectivity index is 1.26. The van der Waals surface area contributed by atoms with Gasteiger partial charge >= 0.3 is 0 Å². The fourth-order valence-electron chi connectivity index (χ4n) is 6.64. The van der Waals surface area contributed by atoms with Crippen LogP contribution in [0.2, 0.25) is 0 Å². The molecule has 2 unspecified atom stereocenters. The van der Waals surface area contributed by atoms with Gasteiger partial charge < -0.3 is 9.47 Å². The number of carbonyl (C=O) groups excluding carboxylic acids is 1. The van der Waals surface area contributed by atoms with Crippen molar-refractivity contribution in [2.75, 3.05) is 12.3 Å².